The van der Waals surface area contributed by atoms with Gasteiger partial charge in [-0.15, -0.1) is 5.92 Å². The molecule has 0 aromatic heterocycles. The van der Waals surface area contributed by atoms with Gasteiger partial charge in [-0.25, -0.2) is 0 Å². The van der Waals surface area contributed by atoms with E-state index < -0.39 is 28.3 Å². The van der Waals surface area contributed by atoms with Gasteiger partial charge in [0.15, 0.2) is 0 Å². The maximum Gasteiger partial charge on any atom is 0.442 e. The number of rotatable bonds is 1. The number of hydrogen-bond donors (Lipinski definition) is 2. The Hall–Kier alpha value is -2.50. The van der Waals surface area contributed by atoms with Gasteiger partial charge in [-0.1, -0.05) is 0 Å². The lowest BCUT2D eigenvalue weighted by atomic mass is 10.1. The number of hydrogen-bond acceptors (Lipinski definition) is 4. The van der Waals surface area contributed by atoms with Crippen LogP contribution in [0.4, 0.5) is 34.6 Å². The van der Waals surface area contributed by atoms with Gasteiger partial charge in [0.2, 0.25) is 5.82 Å². The maximum absolute atomic E-state index is 13.4. The number of benzene rings is 1. The number of anilines is 2. The van der Waals surface area contributed by atoms with E-state index in [1.54, 1.807) is 0 Å². The molecule has 0 saturated heterocycles. The summed E-state index contributed by atoms with van der Waals surface area (Å²) in [6.07, 6.45) is -4.81. The zero-order valence-electron chi connectivity index (χ0n) is 9.93. The van der Waals surface area contributed by atoms with Crippen LogP contribution in [0.1, 0.15) is 6.92 Å². The van der Waals surface area contributed by atoms with Gasteiger partial charge in [-0.3, -0.25) is 10.1 Å². The van der Waals surface area contributed by atoms with Crippen LogP contribution in [0.2, 0.25) is 0 Å². The molecule has 0 aliphatic carbocycles. The van der Waals surface area contributed by atoms with Crippen molar-refractivity contribution in [2.75, 3.05) is 10.6 Å². The van der Waals surface area contributed by atoms with E-state index in [0.717, 1.165) is 0 Å². The number of nitro benzene ring substituents is 1. The van der Waals surface area contributed by atoms with Crippen LogP contribution in [-0.4, -0.2) is 16.8 Å². The highest BCUT2D eigenvalue weighted by Crippen LogP contribution is 2.44. The lowest BCUT2D eigenvalue weighted by Gasteiger charge is -2.27. The van der Waals surface area contributed by atoms with E-state index in [0.29, 0.717) is 12.1 Å². The Balaban J connectivity index is 2.54. The minimum atomic E-state index is -4.81. The largest absolute Gasteiger partial charge is 0.442 e. The fourth-order valence-electron chi connectivity index (χ4n) is 1.81. The molecule has 1 atom stereocenters. The molecule has 0 amide bonds. The molecule has 106 valence electrons. The molecule has 1 aliphatic rings. The van der Waals surface area contributed by atoms with Crippen LogP contribution in [0.25, 0.3) is 0 Å². The Labute approximate surface area is 110 Å². The third kappa shape index (κ3) is 1.99. The standard InChI is InChI=1S/C11H7F4N3O2/c1-2-3-10(11(13,14)15)16-7-4-6(12)9(18(19)20)5-8(7)17-10/h4-5,16-17H,1H3. The molecule has 0 saturated carbocycles. The predicted octanol–water partition coefficient (Wildman–Crippen LogP) is 2.85. The van der Waals surface area contributed by atoms with Gasteiger partial charge in [0.05, 0.1) is 16.3 Å². The van der Waals surface area contributed by atoms with Crippen LogP contribution >= 0.6 is 0 Å². The maximum atomic E-state index is 13.4. The van der Waals surface area contributed by atoms with Gasteiger partial charge in [0.25, 0.3) is 5.66 Å². The second kappa shape index (κ2) is 4.26. The number of nitrogens with zero attached hydrogens (tertiary/aromatic N) is 1. The molecule has 0 radical (unpaired) electrons. The molecule has 1 aliphatic heterocycles. The van der Waals surface area contributed by atoms with Crippen LogP contribution in [0.3, 0.4) is 0 Å². The molecule has 1 unspecified atom stereocenters. The second-order valence-electron chi connectivity index (χ2n) is 3.98. The Bertz CT molecular complexity index is 648. The van der Waals surface area contributed by atoms with Gasteiger partial charge < -0.3 is 10.6 Å². The average Bonchev–Trinajstić information content (AvgIpc) is 2.66. The highest BCUT2D eigenvalue weighted by atomic mass is 19.4. The summed E-state index contributed by atoms with van der Waals surface area (Å²) in [5.41, 5.74) is -4.18. The summed E-state index contributed by atoms with van der Waals surface area (Å²) < 4.78 is 52.6. The second-order valence-corrected chi connectivity index (χ2v) is 3.98. The number of halogens is 4. The van der Waals surface area contributed by atoms with Gasteiger partial charge in [0.1, 0.15) is 0 Å². The average molecular weight is 289 g/mol. The molecule has 0 spiro atoms. The van der Waals surface area contributed by atoms with Crippen molar-refractivity contribution >= 4 is 17.1 Å². The molecule has 0 fully saturated rings. The van der Waals surface area contributed by atoms with Crippen molar-refractivity contribution in [1.29, 1.82) is 0 Å². The number of nitrogens with one attached hydrogen (secondary N) is 2. The van der Waals surface area contributed by atoms with Crippen LogP contribution < -0.4 is 10.6 Å². The van der Waals surface area contributed by atoms with Crippen molar-refractivity contribution in [3.8, 4) is 11.8 Å². The lowest BCUT2D eigenvalue weighted by molar-refractivity contribution is -0.387. The Kier molecular flexibility index (Phi) is 2.97. The van der Waals surface area contributed by atoms with E-state index in [2.05, 4.69) is 5.92 Å². The SMILES string of the molecule is CC#CC1(C(F)(F)F)Nc2cc(F)c([N+](=O)[O-])cc2N1. The molecule has 20 heavy (non-hydrogen) atoms. The van der Waals surface area contributed by atoms with E-state index in [-0.39, 0.29) is 11.4 Å². The zero-order valence-corrected chi connectivity index (χ0v) is 9.93. The summed E-state index contributed by atoms with van der Waals surface area (Å²) in [7, 11) is 0. The third-order valence-electron chi connectivity index (χ3n) is 2.67. The van der Waals surface area contributed by atoms with Crippen molar-refractivity contribution in [1.82, 2.24) is 0 Å². The van der Waals surface area contributed by atoms with Crippen LogP contribution in [0, 0.1) is 27.8 Å². The molecule has 2 N–H and O–H groups in total. The summed E-state index contributed by atoms with van der Waals surface area (Å²) in [5.74, 6) is 2.81. The normalized spacial score (nSPS) is 20.2. The molecule has 1 aromatic rings. The van der Waals surface area contributed by atoms with Crippen molar-refractivity contribution in [3.63, 3.8) is 0 Å². The van der Waals surface area contributed by atoms with Crippen molar-refractivity contribution in [3.05, 3.63) is 28.1 Å². The Morgan fingerprint density at radius 2 is 1.85 bits per heavy atom. The first-order chi connectivity index (χ1) is 9.20. The van der Waals surface area contributed by atoms with Gasteiger partial charge >= 0.3 is 11.9 Å². The topological polar surface area (TPSA) is 67.2 Å². The minimum absolute atomic E-state index is 0.238. The number of nitro groups is 1. The van der Waals surface area contributed by atoms with Crippen LogP contribution in [0.5, 0.6) is 0 Å². The van der Waals surface area contributed by atoms with Gasteiger partial charge in [0, 0.05) is 12.1 Å². The molecule has 5 nitrogen and oxygen atoms in total. The van der Waals surface area contributed by atoms with Gasteiger partial charge in [-0.2, -0.15) is 17.6 Å². The molecule has 9 heteroatoms. The number of fused-ring (bicyclic) bond motifs is 1. The first kappa shape index (κ1) is 13.9. The van der Waals surface area contributed by atoms with Crippen molar-refractivity contribution < 1.29 is 22.5 Å². The number of alkyl halides is 3. The molecule has 0 bridgehead atoms. The van der Waals surface area contributed by atoms with Crippen LogP contribution in [0.15, 0.2) is 12.1 Å². The van der Waals surface area contributed by atoms with E-state index in [1.807, 2.05) is 16.6 Å². The zero-order chi connectivity index (χ0) is 15.1. The highest BCUT2D eigenvalue weighted by Gasteiger charge is 2.58. The van der Waals surface area contributed by atoms with Gasteiger partial charge in [-0.05, 0) is 12.8 Å². The summed E-state index contributed by atoms with van der Waals surface area (Å²) in [6.45, 7) is 1.21. The van der Waals surface area contributed by atoms with E-state index in [9.17, 15) is 27.7 Å². The molecule has 1 heterocycles. The summed E-state index contributed by atoms with van der Waals surface area (Å²) in [5, 5.41) is 14.6. The summed E-state index contributed by atoms with van der Waals surface area (Å²) in [6, 6.07) is 1.33. The smallest absolute Gasteiger partial charge is 0.343 e. The van der Waals surface area contributed by atoms with Crippen LogP contribution in [-0.2, 0) is 0 Å². The van der Waals surface area contributed by atoms with E-state index in [1.165, 1.54) is 6.92 Å². The first-order valence-corrected chi connectivity index (χ1v) is 5.25. The molecular formula is C11H7F4N3O2. The minimum Gasteiger partial charge on any atom is -0.343 e. The third-order valence-corrected chi connectivity index (χ3v) is 2.67. The monoisotopic (exact) mass is 289 g/mol. The lowest BCUT2D eigenvalue weighted by Crippen LogP contribution is -2.54. The fourth-order valence-corrected chi connectivity index (χ4v) is 1.81. The molecule has 1 aromatic carbocycles. The summed E-state index contributed by atoms with van der Waals surface area (Å²) >= 11 is 0. The highest BCUT2D eigenvalue weighted by molar-refractivity contribution is 5.81. The van der Waals surface area contributed by atoms with E-state index >= 15 is 0 Å². The first-order valence-electron chi connectivity index (χ1n) is 5.25. The molecule has 2 rings (SSSR count). The summed E-state index contributed by atoms with van der Waals surface area (Å²) in [4.78, 5) is 9.56. The van der Waals surface area contributed by atoms with Crippen molar-refractivity contribution in [2.24, 2.45) is 0 Å². The Morgan fingerprint density at radius 1 is 1.30 bits per heavy atom. The quantitative estimate of drug-likeness (QED) is 0.361. The molecular weight excluding hydrogens is 282 g/mol. The van der Waals surface area contributed by atoms with Crippen molar-refractivity contribution in [2.45, 2.75) is 18.8 Å². The predicted molar refractivity (Wildman–Crippen MR) is 62.5 cm³/mol. The Morgan fingerprint density at radius 3 is 2.30 bits per heavy atom. The fraction of sp³-hybridized carbons (Fsp3) is 0.273. The van der Waals surface area contributed by atoms with E-state index in [4.69, 9.17) is 0 Å².